The molecular weight excluding hydrogens is 362 g/mol. The predicted molar refractivity (Wildman–Crippen MR) is 102 cm³/mol. The number of rotatable bonds is 6. The van der Waals surface area contributed by atoms with E-state index in [1.807, 2.05) is 6.07 Å². The van der Waals surface area contributed by atoms with Crippen molar-refractivity contribution in [2.45, 2.75) is 12.5 Å². The van der Waals surface area contributed by atoms with Gasteiger partial charge in [-0.2, -0.15) is 5.26 Å². The van der Waals surface area contributed by atoms with Gasteiger partial charge in [0.1, 0.15) is 0 Å². The maximum Gasteiger partial charge on any atom is 0.268 e. The lowest BCUT2D eigenvalue weighted by molar-refractivity contribution is -0.125. The molecule has 0 radical (unpaired) electrons. The maximum absolute atomic E-state index is 12.4. The van der Waals surface area contributed by atoms with Gasteiger partial charge in [0.2, 0.25) is 11.9 Å². The zero-order chi connectivity index (χ0) is 20.1. The fourth-order valence-corrected chi connectivity index (χ4v) is 2.79. The molecule has 3 rings (SSSR count). The summed E-state index contributed by atoms with van der Waals surface area (Å²) in [6.07, 6.45) is -0.467. The van der Waals surface area contributed by atoms with Gasteiger partial charge < -0.3 is 24.4 Å². The molecule has 1 aliphatic rings. The van der Waals surface area contributed by atoms with Crippen molar-refractivity contribution in [2.75, 3.05) is 26.6 Å². The Labute approximate surface area is 162 Å². The van der Waals surface area contributed by atoms with Crippen molar-refractivity contribution in [2.24, 2.45) is 5.16 Å². The molecule has 0 aliphatic carbocycles. The van der Waals surface area contributed by atoms with Crippen molar-refractivity contribution in [3.05, 3.63) is 47.5 Å². The van der Waals surface area contributed by atoms with Crippen LogP contribution in [-0.4, -0.2) is 39.1 Å². The number of nitrogens with zero attached hydrogens (tertiary/aromatic N) is 2. The largest absolute Gasteiger partial charge is 0.493 e. The number of methoxy groups -OCH3 is 3. The van der Waals surface area contributed by atoms with Crippen LogP contribution in [0.25, 0.3) is 0 Å². The Kier molecular flexibility index (Phi) is 5.65. The van der Waals surface area contributed by atoms with Gasteiger partial charge in [-0.15, -0.1) is 0 Å². The van der Waals surface area contributed by atoms with Crippen LogP contribution < -0.4 is 19.5 Å². The van der Waals surface area contributed by atoms with E-state index in [1.165, 1.54) is 21.3 Å². The second-order valence-corrected chi connectivity index (χ2v) is 5.93. The van der Waals surface area contributed by atoms with Gasteiger partial charge >= 0.3 is 0 Å². The summed E-state index contributed by atoms with van der Waals surface area (Å²) < 4.78 is 16.0. The third-order valence-corrected chi connectivity index (χ3v) is 4.24. The van der Waals surface area contributed by atoms with Gasteiger partial charge in [-0.3, -0.25) is 4.79 Å². The lowest BCUT2D eigenvalue weighted by atomic mass is 10.0. The molecule has 1 N–H and O–H groups in total. The van der Waals surface area contributed by atoms with Gasteiger partial charge in [0.05, 0.1) is 38.7 Å². The Morgan fingerprint density at radius 1 is 1.14 bits per heavy atom. The molecule has 2 aromatic rings. The van der Waals surface area contributed by atoms with Crippen molar-refractivity contribution in [1.29, 1.82) is 5.26 Å². The smallest absolute Gasteiger partial charge is 0.268 e. The summed E-state index contributed by atoms with van der Waals surface area (Å²) in [5, 5.41) is 15.6. The summed E-state index contributed by atoms with van der Waals surface area (Å²) in [4.78, 5) is 17.8. The Morgan fingerprint density at radius 3 is 2.32 bits per heavy atom. The fraction of sp³-hybridized carbons (Fsp3) is 0.250. The van der Waals surface area contributed by atoms with Gasteiger partial charge in [0.25, 0.3) is 5.91 Å². The monoisotopic (exact) mass is 381 g/mol. The number of carbonyl (C=O) groups is 1. The Balaban J connectivity index is 1.72. The van der Waals surface area contributed by atoms with Crippen LogP contribution in [-0.2, 0) is 9.63 Å². The summed E-state index contributed by atoms with van der Waals surface area (Å²) >= 11 is 0. The second kappa shape index (κ2) is 8.31. The normalized spacial score (nSPS) is 15.1. The molecule has 8 heteroatoms. The average molecular weight is 381 g/mol. The highest BCUT2D eigenvalue weighted by atomic mass is 16.6. The highest BCUT2D eigenvalue weighted by Crippen LogP contribution is 2.39. The minimum atomic E-state index is -0.760. The van der Waals surface area contributed by atoms with Crippen LogP contribution in [0.1, 0.15) is 17.5 Å². The molecule has 0 saturated heterocycles. The first-order chi connectivity index (χ1) is 13.6. The van der Waals surface area contributed by atoms with Crippen molar-refractivity contribution in [3.8, 4) is 23.3 Å². The third kappa shape index (κ3) is 3.83. The fourth-order valence-electron chi connectivity index (χ4n) is 2.79. The SMILES string of the molecule is COc1cc(C2=NO[C@@H](C(=O)Nc3ccc(C#N)cc3)C2)cc(OC)c1OC. The molecule has 2 aromatic carbocycles. The van der Waals surface area contributed by atoms with Crippen LogP contribution in [0.2, 0.25) is 0 Å². The lowest BCUT2D eigenvalue weighted by Crippen LogP contribution is -2.28. The van der Waals surface area contributed by atoms with E-state index in [0.717, 1.165) is 0 Å². The van der Waals surface area contributed by atoms with Gasteiger partial charge in [0.15, 0.2) is 11.5 Å². The molecule has 0 saturated carbocycles. The zero-order valence-electron chi connectivity index (χ0n) is 15.7. The highest BCUT2D eigenvalue weighted by molar-refractivity contribution is 6.06. The molecule has 0 unspecified atom stereocenters. The quantitative estimate of drug-likeness (QED) is 0.825. The number of carbonyl (C=O) groups excluding carboxylic acids is 1. The minimum absolute atomic E-state index is 0.292. The molecule has 0 spiro atoms. The molecule has 1 amide bonds. The van der Waals surface area contributed by atoms with Crippen LogP contribution in [0.3, 0.4) is 0 Å². The number of nitriles is 1. The molecule has 144 valence electrons. The summed E-state index contributed by atoms with van der Waals surface area (Å²) in [7, 11) is 4.59. The van der Waals surface area contributed by atoms with Crippen molar-refractivity contribution >= 4 is 17.3 Å². The number of anilines is 1. The molecule has 1 aliphatic heterocycles. The minimum Gasteiger partial charge on any atom is -0.493 e. The number of benzene rings is 2. The highest BCUT2D eigenvalue weighted by Gasteiger charge is 2.30. The molecule has 0 bridgehead atoms. The first-order valence-corrected chi connectivity index (χ1v) is 8.43. The Hall–Kier alpha value is -3.73. The maximum atomic E-state index is 12.4. The summed E-state index contributed by atoms with van der Waals surface area (Å²) in [5.74, 6) is 1.13. The van der Waals surface area contributed by atoms with Crippen LogP contribution in [0.15, 0.2) is 41.6 Å². The van der Waals surface area contributed by atoms with E-state index in [4.69, 9.17) is 24.3 Å². The number of nitrogens with one attached hydrogen (secondary N) is 1. The lowest BCUT2D eigenvalue weighted by Gasteiger charge is -2.14. The molecule has 28 heavy (non-hydrogen) atoms. The van der Waals surface area contributed by atoms with E-state index >= 15 is 0 Å². The molecule has 8 nitrogen and oxygen atoms in total. The first-order valence-electron chi connectivity index (χ1n) is 8.43. The topological polar surface area (TPSA) is 102 Å². The predicted octanol–water partition coefficient (Wildman–Crippen LogP) is 2.72. The standard InChI is InChI=1S/C20H19N3O5/c1-25-16-8-13(9-17(26-2)19(16)27-3)15-10-18(28-23-15)20(24)22-14-6-4-12(11-21)5-7-14/h4-9,18H,10H2,1-3H3,(H,22,24)/t18-/m1/s1. The molecule has 0 aromatic heterocycles. The van der Waals surface area contributed by atoms with Gasteiger partial charge in [-0.25, -0.2) is 0 Å². The molecule has 1 atom stereocenters. The molecular formula is C20H19N3O5. The first kappa shape index (κ1) is 19.0. The van der Waals surface area contributed by atoms with Crippen LogP contribution in [0.5, 0.6) is 17.2 Å². The van der Waals surface area contributed by atoms with Gasteiger partial charge in [-0.1, -0.05) is 5.16 Å². The van der Waals surface area contributed by atoms with E-state index in [9.17, 15) is 4.79 Å². The molecule has 1 heterocycles. The zero-order valence-corrected chi connectivity index (χ0v) is 15.7. The number of ether oxygens (including phenoxy) is 3. The van der Waals surface area contributed by atoms with Gasteiger partial charge in [-0.05, 0) is 36.4 Å². The van der Waals surface area contributed by atoms with E-state index < -0.39 is 6.10 Å². The van der Waals surface area contributed by atoms with E-state index in [-0.39, 0.29) is 5.91 Å². The Morgan fingerprint density at radius 2 is 1.79 bits per heavy atom. The number of oxime groups is 1. The average Bonchev–Trinajstić information content (AvgIpc) is 3.23. The summed E-state index contributed by atoms with van der Waals surface area (Å²) in [5.41, 5.74) is 2.40. The Bertz CT molecular complexity index is 922. The van der Waals surface area contributed by atoms with Crippen LogP contribution in [0.4, 0.5) is 5.69 Å². The second-order valence-electron chi connectivity index (χ2n) is 5.93. The van der Waals surface area contributed by atoms with Crippen molar-refractivity contribution in [3.63, 3.8) is 0 Å². The third-order valence-electron chi connectivity index (χ3n) is 4.24. The van der Waals surface area contributed by atoms with Crippen molar-refractivity contribution in [1.82, 2.24) is 0 Å². The number of hydrogen-bond donors (Lipinski definition) is 1. The van der Waals surface area contributed by atoms with Gasteiger partial charge in [0, 0.05) is 17.7 Å². The van der Waals surface area contributed by atoms with E-state index in [0.29, 0.717) is 46.2 Å². The summed E-state index contributed by atoms with van der Waals surface area (Å²) in [6, 6.07) is 12.1. The number of amides is 1. The molecule has 0 fully saturated rings. The van der Waals surface area contributed by atoms with Crippen molar-refractivity contribution < 1.29 is 23.8 Å². The van der Waals surface area contributed by atoms with Crippen LogP contribution >= 0.6 is 0 Å². The van der Waals surface area contributed by atoms with Crippen LogP contribution in [0, 0.1) is 11.3 Å². The summed E-state index contributed by atoms with van der Waals surface area (Å²) in [6.45, 7) is 0. The number of hydrogen-bond acceptors (Lipinski definition) is 7. The van der Waals surface area contributed by atoms with E-state index in [2.05, 4.69) is 10.5 Å². The van der Waals surface area contributed by atoms with E-state index in [1.54, 1.807) is 36.4 Å².